The highest BCUT2D eigenvalue weighted by atomic mass is 79.9. The predicted octanol–water partition coefficient (Wildman–Crippen LogP) is 5.83. The van der Waals surface area contributed by atoms with E-state index in [1.54, 1.807) is 80.5 Å². The molecule has 0 aromatic heterocycles. The summed E-state index contributed by atoms with van der Waals surface area (Å²) in [5.74, 6) is -0.379. The Kier molecular flexibility index (Phi) is 12.1. The maximum Gasteiger partial charge on any atom is 0.412 e. The lowest BCUT2D eigenvalue weighted by molar-refractivity contribution is -0.155. The van der Waals surface area contributed by atoms with E-state index >= 15 is 0 Å². The number of aliphatic hydroxyl groups is 1. The molecule has 0 saturated heterocycles. The average Bonchev–Trinajstić information content (AvgIpc) is 2.54. The Labute approximate surface area is 210 Å². The molecule has 2 amide bonds. The second-order valence-corrected chi connectivity index (χ2v) is 11.4. The molecule has 1 aromatic carbocycles. The minimum Gasteiger partial charge on any atom is -0.460 e. The highest BCUT2D eigenvalue weighted by molar-refractivity contribution is 9.10. The molecule has 0 radical (unpaired) electrons. The molecule has 1 atom stereocenters. The molecule has 0 saturated carbocycles. The molecule has 1 rings (SSSR count). The Balaban J connectivity index is 0.00000116. The van der Waals surface area contributed by atoms with E-state index in [0.29, 0.717) is 11.3 Å². The smallest absolute Gasteiger partial charge is 0.412 e. The standard InChI is InChI=1S/C19H28BrNO5.C5H11NO2/c1-18(2,3)25-16(23)10-9-15(22)13-8-7-12(20)11-14(13)21-17(24)26-19(4,5)6;1-5(2,3)8-4(6)7/h7-8,11,15,22H,9-10H2,1-6H3,(H,21,24);1-3H3,(H2,6,7). The third-order valence-electron chi connectivity index (χ3n) is 3.46. The van der Waals surface area contributed by atoms with Gasteiger partial charge in [-0.1, -0.05) is 22.0 Å². The summed E-state index contributed by atoms with van der Waals surface area (Å²) in [4.78, 5) is 33.9. The maximum atomic E-state index is 12.0. The van der Waals surface area contributed by atoms with Crippen molar-refractivity contribution in [3.63, 3.8) is 0 Å². The molecular formula is C24H39BrN2O7. The highest BCUT2D eigenvalue weighted by Gasteiger charge is 2.21. The monoisotopic (exact) mass is 546 g/mol. The van der Waals surface area contributed by atoms with Crippen LogP contribution in [0.4, 0.5) is 15.3 Å². The second kappa shape index (κ2) is 12.9. The van der Waals surface area contributed by atoms with Gasteiger partial charge >= 0.3 is 18.2 Å². The number of nitrogens with one attached hydrogen (secondary N) is 1. The van der Waals surface area contributed by atoms with Gasteiger partial charge in [-0.05, 0) is 80.9 Å². The number of aliphatic hydroxyl groups excluding tert-OH is 1. The Bertz CT molecular complexity index is 837. The molecule has 0 heterocycles. The number of hydrogen-bond acceptors (Lipinski definition) is 7. The first-order chi connectivity index (χ1) is 15.2. The molecule has 34 heavy (non-hydrogen) atoms. The number of ether oxygens (including phenoxy) is 3. The van der Waals surface area contributed by atoms with E-state index in [1.165, 1.54) is 0 Å². The molecule has 0 spiro atoms. The van der Waals surface area contributed by atoms with Crippen LogP contribution in [0.15, 0.2) is 22.7 Å². The van der Waals surface area contributed by atoms with E-state index in [-0.39, 0.29) is 18.8 Å². The Morgan fingerprint density at radius 1 is 0.941 bits per heavy atom. The average molecular weight is 547 g/mol. The second-order valence-electron chi connectivity index (χ2n) is 10.5. The van der Waals surface area contributed by atoms with Gasteiger partial charge in [0.25, 0.3) is 0 Å². The largest absolute Gasteiger partial charge is 0.460 e. The number of carbonyl (C=O) groups is 3. The summed E-state index contributed by atoms with van der Waals surface area (Å²) in [5, 5.41) is 13.1. The fourth-order valence-corrected chi connectivity index (χ4v) is 2.81. The minimum absolute atomic E-state index is 0.0698. The van der Waals surface area contributed by atoms with E-state index in [9.17, 15) is 19.5 Å². The molecule has 0 bridgehead atoms. The van der Waals surface area contributed by atoms with Gasteiger partial charge < -0.3 is 25.1 Å². The summed E-state index contributed by atoms with van der Waals surface area (Å²) >= 11 is 3.34. The van der Waals surface area contributed by atoms with E-state index in [1.807, 2.05) is 0 Å². The topological polar surface area (TPSA) is 137 Å². The molecule has 0 aliphatic rings. The summed E-state index contributed by atoms with van der Waals surface area (Å²) in [6, 6.07) is 5.12. The number of nitrogens with two attached hydrogens (primary N) is 1. The zero-order chi connectivity index (χ0) is 26.9. The molecule has 1 aromatic rings. The lowest BCUT2D eigenvalue weighted by Gasteiger charge is -2.22. The first-order valence-corrected chi connectivity index (χ1v) is 11.7. The van der Waals surface area contributed by atoms with Crippen molar-refractivity contribution in [1.29, 1.82) is 0 Å². The molecule has 0 aliphatic heterocycles. The Morgan fingerprint density at radius 3 is 1.85 bits per heavy atom. The van der Waals surface area contributed by atoms with Crippen molar-refractivity contribution in [2.24, 2.45) is 5.73 Å². The third kappa shape index (κ3) is 16.3. The van der Waals surface area contributed by atoms with Gasteiger partial charge in [0.1, 0.15) is 16.8 Å². The van der Waals surface area contributed by atoms with Crippen LogP contribution in [0.2, 0.25) is 0 Å². The van der Waals surface area contributed by atoms with Crippen LogP contribution in [0.25, 0.3) is 0 Å². The van der Waals surface area contributed by atoms with Crippen molar-refractivity contribution in [1.82, 2.24) is 0 Å². The van der Waals surface area contributed by atoms with Crippen LogP contribution in [0.5, 0.6) is 0 Å². The summed E-state index contributed by atoms with van der Waals surface area (Å²) in [7, 11) is 0. The Hall–Kier alpha value is -2.33. The van der Waals surface area contributed by atoms with Crippen molar-refractivity contribution < 1.29 is 33.7 Å². The lowest BCUT2D eigenvalue weighted by Crippen LogP contribution is -2.27. The molecular weight excluding hydrogens is 508 g/mol. The van der Waals surface area contributed by atoms with Crippen molar-refractivity contribution in [2.75, 3.05) is 5.32 Å². The lowest BCUT2D eigenvalue weighted by atomic mass is 10.0. The molecule has 0 fully saturated rings. The number of benzene rings is 1. The molecule has 10 heteroatoms. The fourth-order valence-electron chi connectivity index (χ4n) is 2.45. The summed E-state index contributed by atoms with van der Waals surface area (Å²) in [6.45, 7) is 16.0. The van der Waals surface area contributed by atoms with Crippen LogP contribution >= 0.6 is 15.9 Å². The van der Waals surface area contributed by atoms with Crippen LogP contribution in [0.3, 0.4) is 0 Å². The number of carbonyl (C=O) groups excluding carboxylic acids is 3. The van der Waals surface area contributed by atoms with Crippen molar-refractivity contribution in [3.05, 3.63) is 28.2 Å². The molecule has 1 unspecified atom stereocenters. The van der Waals surface area contributed by atoms with Gasteiger partial charge in [0, 0.05) is 16.5 Å². The van der Waals surface area contributed by atoms with Gasteiger partial charge in [-0.25, -0.2) is 9.59 Å². The van der Waals surface area contributed by atoms with Crippen molar-refractivity contribution >= 4 is 39.8 Å². The van der Waals surface area contributed by atoms with Gasteiger partial charge in [0.15, 0.2) is 0 Å². The zero-order valence-electron chi connectivity index (χ0n) is 21.6. The number of halogens is 1. The predicted molar refractivity (Wildman–Crippen MR) is 134 cm³/mol. The number of primary amides is 1. The van der Waals surface area contributed by atoms with Crippen LogP contribution in [0, 0.1) is 0 Å². The first kappa shape index (κ1) is 31.7. The number of hydrogen-bond donors (Lipinski definition) is 3. The van der Waals surface area contributed by atoms with E-state index in [2.05, 4.69) is 26.0 Å². The van der Waals surface area contributed by atoms with Crippen molar-refractivity contribution in [2.45, 2.75) is 98.1 Å². The van der Waals surface area contributed by atoms with Crippen LogP contribution < -0.4 is 11.1 Å². The highest BCUT2D eigenvalue weighted by Crippen LogP contribution is 2.30. The number of esters is 1. The van der Waals surface area contributed by atoms with E-state index in [4.69, 9.17) is 15.2 Å². The zero-order valence-corrected chi connectivity index (χ0v) is 23.2. The normalized spacial score (nSPS) is 12.6. The number of anilines is 1. The minimum atomic E-state index is -0.930. The van der Waals surface area contributed by atoms with Crippen LogP contribution in [-0.2, 0) is 19.0 Å². The van der Waals surface area contributed by atoms with Gasteiger partial charge in [-0.3, -0.25) is 10.1 Å². The van der Waals surface area contributed by atoms with Gasteiger partial charge in [-0.15, -0.1) is 0 Å². The molecule has 194 valence electrons. The van der Waals surface area contributed by atoms with Gasteiger partial charge in [-0.2, -0.15) is 0 Å². The van der Waals surface area contributed by atoms with Crippen molar-refractivity contribution in [3.8, 4) is 0 Å². The summed E-state index contributed by atoms with van der Waals surface area (Å²) in [5.41, 5.74) is 3.99. The SMILES string of the molecule is CC(C)(C)OC(=O)CCC(O)c1ccc(Br)cc1NC(=O)OC(C)(C)C.CC(C)(C)OC(N)=O. The van der Waals surface area contributed by atoms with E-state index in [0.717, 1.165) is 4.47 Å². The van der Waals surface area contributed by atoms with E-state index < -0.39 is 35.1 Å². The number of rotatable bonds is 5. The van der Waals surface area contributed by atoms with Gasteiger partial charge in [0.05, 0.1) is 11.8 Å². The molecule has 4 N–H and O–H groups in total. The van der Waals surface area contributed by atoms with Crippen LogP contribution in [0.1, 0.15) is 86.8 Å². The third-order valence-corrected chi connectivity index (χ3v) is 3.95. The molecule has 9 nitrogen and oxygen atoms in total. The Morgan fingerprint density at radius 2 is 1.44 bits per heavy atom. The van der Waals surface area contributed by atoms with Gasteiger partial charge in [0.2, 0.25) is 0 Å². The molecule has 0 aliphatic carbocycles. The maximum absolute atomic E-state index is 12.0. The summed E-state index contributed by atoms with van der Waals surface area (Å²) < 4.78 is 15.8. The van der Waals surface area contributed by atoms with Crippen LogP contribution in [-0.4, -0.2) is 40.1 Å². The fraction of sp³-hybridized carbons (Fsp3) is 0.625. The first-order valence-electron chi connectivity index (χ1n) is 10.9. The number of amides is 2. The summed E-state index contributed by atoms with van der Waals surface area (Å²) in [6.07, 6.45) is -2.02. The quantitative estimate of drug-likeness (QED) is 0.311.